The topological polar surface area (TPSA) is 41.5 Å². The Bertz CT molecular complexity index is 374. The third kappa shape index (κ3) is 2.99. The molecule has 3 heteroatoms. The van der Waals surface area contributed by atoms with Crippen molar-refractivity contribution in [2.75, 3.05) is 13.7 Å². The molecule has 2 N–H and O–H groups in total. The predicted molar refractivity (Wildman–Crippen MR) is 68.4 cm³/mol. The first-order valence-corrected chi connectivity index (χ1v) is 6.32. The van der Waals surface area contributed by atoms with E-state index in [1.165, 1.54) is 18.4 Å². The van der Waals surface area contributed by atoms with Crippen molar-refractivity contribution in [2.24, 2.45) is 0 Å². The molecule has 3 nitrogen and oxygen atoms in total. The van der Waals surface area contributed by atoms with Crippen LogP contribution in [0.5, 0.6) is 5.75 Å². The molecule has 0 bridgehead atoms. The summed E-state index contributed by atoms with van der Waals surface area (Å²) in [6.45, 7) is 2.24. The maximum Gasteiger partial charge on any atom is 0.123 e. The first-order valence-electron chi connectivity index (χ1n) is 6.32. The lowest BCUT2D eigenvalue weighted by molar-refractivity contribution is 0.240. The van der Waals surface area contributed by atoms with E-state index in [1.54, 1.807) is 7.11 Å². The molecule has 0 aliphatic heterocycles. The van der Waals surface area contributed by atoms with Crippen molar-refractivity contribution in [1.29, 1.82) is 0 Å². The van der Waals surface area contributed by atoms with Crippen LogP contribution in [-0.2, 0) is 6.42 Å². The molecule has 0 radical (unpaired) electrons. The average Bonchev–Trinajstić information content (AvgIpc) is 3.19. The largest absolute Gasteiger partial charge is 0.496 e. The highest BCUT2D eigenvalue weighted by molar-refractivity contribution is 5.39. The van der Waals surface area contributed by atoms with Crippen LogP contribution in [0.4, 0.5) is 0 Å². The lowest BCUT2D eigenvalue weighted by Gasteiger charge is -2.20. The first-order chi connectivity index (χ1) is 8.28. The van der Waals surface area contributed by atoms with Crippen LogP contribution in [0.3, 0.4) is 0 Å². The Balaban J connectivity index is 2.24. The van der Waals surface area contributed by atoms with E-state index >= 15 is 0 Å². The molecule has 1 aliphatic rings. The molecule has 1 fully saturated rings. The van der Waals surface area contributed by atoms with Gasteiger partial charge < -0.3 is 15.2 Å². The fourth-order valence-corrected chi connectivity index (χ4v) is 2.05. The zero-order valence-corrected chi connectivity index (χ0v) is 10.6. The summed E-state index contributed by atoms with van der Waals surface area (Å²) in [7, 11) is 1.68. The summed E-state index contributed by atoms with van der Waals surface area (Å²) < 4.78 is 5.38. The third-order valence-corrected chi connectivity index (χ3v) is 3.27. The van der Waals surface area contributed by atoms with Crippen molar-refractivity contribution in [3.8, 4) is 5.75 Å². The highest BCUT2D eigenvalue weighted by Gasteiger charge is 2.26. The highest BCUT2D eigenvalue weighted by Crippen LogP contribution is 2.30. The molecule has 1 saturated carbocycles. The van der Waals surface area contributed by atoms with Gasteiger partial charge in [-0.25, -0.2) is 0 Å². The van der Waals surface area contributed by atoms with Crippen LogP contribution in [0.25, 0.3) is 0 Å². The molecular formula is C14H21NO2. The van der Waals surface area contributed by atoms with Gasteiger partial charge in [0.05, 0.1) is 19.8 Å². The Morgan fingerprint density at radius 2 is 2.24 bits per heavy atom. The molecule has 0 amide bonds. The Morgan fingerprint density at radius 3 is 2.76 bits per heavy atom. The normalized spacial score (nSPS) is 16.9. The number of hydrogen-bond donors (Lipinski definition) is 2. The average molecular weight is 235 g/mol. The molecule has 0 heterocycles. The molecule has 1 aromatic carbocycles. The standard InChI is InChI=1S/C14H21NO2/c1-3-10-4-7-14(17-2)12(8-10)13(9-16)15-11-5-6-11/h4,7-8,11,13,15-16H,3,5-6,9H2,1-2H3. The molecule has 1 unspecified atom stereocenters. The number of aliphatic hydroxyl groups is 1. The Hall–Kier alpha value is -1.06. The van der Waals surface area contributed by atoms with Gasteiger partial charge in [0, 0.05) is 11.6 Å². The number of aryl methyl sites for hydroxylation is 1. The van der Waals surface area contributed by atoms with E-state index in [-0.39, 0.29) is 12.6 Å². The minimum Gasteiger partial charge on any atom is -0.496 e. The first kappa shape index (κ1) is 12.4. The van der Waals surface area contributed by atoms with Crippen molar-refractivity contribution in [1.82, 2.24) is 5.32 Å². The summed E-state index contributed by atoms with van der Waals surface area (Å²) in [6.07, 6.45) is 3.43. The van der Waals surface area contributed by atoms with E-state index in [1.807, 2.05) is 6.07 Å². The number of nitrogens with one attached hydrogen (secondary N) is 1. The van der Waals surface area contributed by atoms with E-state index in [2.05, 4.69) is 24.4 Å². The molecule has 1 atom stereocenters. The number of benzene rings is 1. The van der Waals surface area contributed by atoms with Gasteiger partial charge in [0.25, 0.3) is 0 Å². The van der Waals surface area contributed by atoms with Crippen LogP contribution in [0.1, 0.15) is 36.9 Å². The van der Waals surface area contributed by atoms with Gasteiger partial charge in [0.1, 0.15) is 5.75 Å². The van der Waals surface area contributed by atoms with Crippen LogP contribution in [0, 0.1) is 0 Å². The van der Waals surface area contributed by atoms with Crippen LogP contribution in [0.2, 0.25) is 0 Å². The van der Waals surface area contributed by atoms with Gasteiger partial charge in [-0.1, -0.05) is 19.1 Å². The monoisotopic (exact) mass is 235 g/mol. The van der Waals surface area contributed by atoms with Crippen molar-refractivity contribution >= 4 is 0 Å². The van der Waals surface area contributed by atoms with Gasteiger partial charge in [0.2, 0.25) is 0 Å². The molecule has 2 rings (SSSR count). The van der Waals surface area contributed by atoms with E-state index in [0.29, 0.717) is 6.04 Å². The Morgan fingerprint density at radius 1 is 1.47 bits per heavy atom. The Kier molecular flexibility index (Phi) is 4.02. The molecule has 1 aromatic rings. The third-order valence-electron chi connectivity index (χ3n) is 3.27. The lowest BCUT2D eigenvalue weighted by Crippen LogP contribution is -2.26. The predicted octanol–water partition coefficient (Wildman–Crippen LogP) is 2.04. The number of hydrogen-bond acceptors (Lipinski definition) is 3. The molecular weight excluding hydrogens is 214 g/mol. The van der Waals surface area contributed by atoms with Gasteiger partial charge >= 0.3 is 0 Å². The van der Waals surface area contributed by atoms with Crippen LogP contribution < -0.4 is 10.1 Å². The second-order valence-corrected chi connectivity index (χ2v) is 4.61. The van der Waals surface area contributed by atoms with Crippen molar-refractivity contribution < 1.29 is 9.84 Å². The fourth-order valence-electron chi connectivity index (χ4n) is 2.05. The molecule has 0 spiro atoms. The van der Waals surface area contributed by atoms with E-state index in [0.717, 1.165) is 17.7 Å². The maximum absolute atomic E-state index is 9.52. The quantitative estimate of drug-likeness (QED) is 0.793. The molecule has 0 aromatic heterocycles. The van der Waals surface area contributed by atoms with Gasteiger partial charge in [-0.3, -0.25) is 0 Å². The minimum atomic E-state index is -0.0102. The zero-order chi connectivity index (χ0) is 12.3. The molecule has 94 valence electrons. The SMILES string of the molecule is CCc1ccc(OC)c(C(CO)NC2CC2)c1. The van der Waals surface area contributed by atoms with E-state index < -0.39 is 0 Å². The van der Waals surface area contributed by atoms with Gasteiger partial charge in [-0.05, 0) is 30.9 Å². The minimum absolute atomic E-state index is 0.0102. The second-order valence-electron chi connectivity index (χ2n) is 4.61. The van der Waals surface area contributed by atoms with Crippen LogP contribution >= 0.6 is 0 Å². The lowest BCUT2D eigenvalue weighted by atomic mass is 10.0. The van der Waals surface area contributed by atoms with E-state index in [9.17, 15) is 5.11 Å². The fraction of sp³-hybridized carbons (Fsp3) is 0.571. The molecule has 0 saturated heterocycles. The summed E-state index contributed by atoms with van der Waals surface area (Å²) in [5, 5.41) is 13.0. The van der Waals surface area contributed by atoms with Gasteiger partial charge in [-0.2, -0.15) is 0 Å². The molecule has 17 heavy (non-hydrogen) atoms. The van der Waals surface area contributed by atoms with Gasteiger partial charge in [0.15, 0.2) is 0 Å². The smallest absolute Gasteiger partial charge is 0.123 e. The zero-order valence-electron chi connectivity index (χ0n) is 10.6. The summed E-state index contributed by atoms with van der Waals surface area (Å²) in [4.78, 5) is 0. The van der Waals surface area contributed by atoms with Gasteiger partial charge in [-0.15, -0.1) is 0 Å². The second kappa shape index (κ2) is 5.52. The van der Waals surface area contributed by atoms with Crippen molar-refractivity contribution in [3.05, 3.63) is 29.3 Å². The van der Waals surface area contributed by atoms with Crippen molar-refractivity contribution in [2.45, 2.75) is 38.3 Å². The van der Waals surface area contributed by atoms with Crippen LogP contribution in [-0.4, -0.2) is 24.9 Å². The Labute approximate surface area is 103 Å². The number of methoxy groups -OCH3 is 1. The highest BCUT2D eigenvalue weighted by atomic mass is 16.5. The van der Waals surface area contributed by atoms with Crippen molar-refractivity contribution in [3.63, 3.8) is 0 Å². The van der Waals surface area contributed by atoms with Crippen LogP contribution in [0.15, 0.2) is 18.2 Å². The number of rotatable bonds is 6. The van der Waals surface area contributed by atoms with E-state index in [4.69, 9.17) is 4.74 Å². The number of ether oxygens (including phenoxy) is 1. The summed E-state index contributed by atoms with van der Waals surface area (Å²) in [6, 6.07) is 6.76. The number of aliphatic hydroxyl groups excluding tert-OH is 1. The summed E-state index contributed by atoms with van der Waals surface area (Å²) in [5.41, 5.74) is 2.35. The molecule has 1 aliphatic carbocycles. The maximum atomic E-state index is 9.52. The summed E-state index contributed by atoms with van der Waals surface area (Å²) in [5.74, 6) is 0.856. The summed E-state index contributed by atoms with van der Waals surface area (Å²) >= 11 is 0.